The maximum absolute atomic E-state index is 5.11. The molecule has 1 aromatic heterocycles. The van der Waals surface area contributed by atoms with Crippen LogP contribution in [0.5, 0.6) is 0 Å². The third-order valence-corrected chi connectivity index (χ3v) is 2.22. The number of benzene rings is 1. The van der Waals surface area contributed by atoms with Crippen molar-refractivity contribution < 1.29 is 4.52 Å². The van der Waals surface area contributed by atoms with Gasteiger partial charge in [0, 0.05) is 11.6 Å². The maximum atomic E-state index is 5.11. The molecule has 0 atom stereocenters. The number of aromatic nitrogens is 2. The molecular formula is C12H15N3O. The van der Waals surface area contributed by atoms with Crippen molar-refractivity contribution in [3.63, 3.8) is 0 Å². The summed E-state index contributed by atoms with van der Waals surface area (Å²) in [5.74, 6) is 0.626. The minimum atomic E-state index is 0.283. The van der Waals surface area contributed by atoms with Crippen molar-refractivity contribution in [3.05, 3.63) is 29.8 Å². The lowest BCUT2D eigenvalue weighted by atomic mass is 10.1. The molecule has 0 spiro atoms. The molecule has 1 N–H and O–H groups in total. The zero-order chi connectivity index (χ0) is 11.5. The van der Waals surface area contributed by atoms with Gasteiger partial charge in [-0.1, -0.05) is 29.4 Å². The summed E-state index contributed by atoms with van der Waals surface area (Å²) in [4.78, 5) is 4.29. The van der Waals surface area contributed by atoms with E-state index in [4.69, 9.17) is 4.52 Å². The van der Waals surface area contributed by atoms with E-state index in [1.807, 2.05) is 45.0 Å². The molecule has 0 aliphatic heterocycles. The largest absolute Gasteiger partial charge is 0.336 e. The highest BCUT2D eigenvalue weighted by atomic mass is 16.5. The summed E-state index contributed by atoms with van der Waals surface area (Å²) in [5.41, 5.74) is 2.14. The van der Waals surface area contributed by atoms with E-state index < -0.39 is 0 Å². The van der Waals surface area contributed by atoms with Gasteiger partial charge in [0.2, 0.25) is 5.82 Å². The topological polar surface area (TPSA) is 51.0 Å². The fourth-order valence-corrected chi connectivity index (χ4v) is 1.46. The van der Waals surface area contributed by atoms with Crippen molar-refractivity contribution in [3.8, 4) is 11.4 Å². The predicted octanol–water partition coefficient (Wildman–Crippen LogP) is 2.87. The van der Waals surface area contributed by atoms with Crippen LogP contribution in [0.1, 0.15) is 19.4 Å². The van der Waals surface area contributed by atoms with Crippen LogP contribution in [-0.2, 0) is 0 Å². The lowest BCUT2D eigenvalue weighted by molar-refractivity contribution is 0.429. The van der Waals surface area contributed by atoms with Gasteiger partial charge in [0.1, 0.15) is 0 Å². The van der Waals surface area contributed by atoms with Crippen LogP contribution in [0.4, 0.5) is 6.01 Å². The summed E-state index contributed by atoms with van der Waals surface area (Å²) in [7, 11) is 0. The first-order valence-electron chi connectivity index (χ1n) is 5.33. The Kier molecular flexibility index (Phi) is 2.90. The average molecular weight is 217 g/mol. The molecule has 4 heteroatoms. The first-order valence-corrected chi connectivity index (χ1v) is 5.33. The van der Waals surface area contributed by atoms with Crippen LogP contribution in [0.3, 0.4) is 0 Å². The van der Waals surface area contributed by atoms with Gasteiger partial charge in [0.15, 0.2) is 0 Å². The molecule has 0 aliphatic carbocycles. The molecule has 1 heterocycles. The number of rotatable bonds is 3. The number of nitrogens with one attached hydrogen (secondary N) is 1. The van der Waals surface area contributed by atoms with Gasteiger partial charge in [-0.05, 0) is 26.3 Å². The fraction of sp³-hybridized carbons (Fsp3) is 0.333. The third-order valence-electron chi connectivity index (χ3n) is 2.22. The molecular weight excluding hydrogens is 202 g/mol. The Labute approximate surface area is 94.7 Å². The second-order valence-electron chi connectivity index (χ2n) is 4.04. The molecule has 0 radical (unpaired) electrons. The van der Waals surface area contributed by atoms with Crippen molar-refractivity contribution in [2.45, 2.75) is 26.8 Å². The second kappa shape index (κ2) is 4.35. The standard InChI is InChI=1S/C12H15N3O/c1-8(2)13-12-14-11(15-16-12)10-7-5-4-6-9(10)3/h4-8H,1-3H3,(H,13,14,15). The van der Waals surface area contributed by atoms with Gasteiger partial charge < -0.3 is 9.84 Å². The van der Waals surface area contributed by atoms with Crippen LogP contribution < -0.4 is 5.32 Å². The van der Waals surface area contributed by atoms with E-state index in [1.165, 1.54) is 0 Å². The number of nitrogens with zero attached hydrogens (tertiary/aromatic N) is 2. The maximum Gasteiger partial charge on any atom is 0.321 e. The lowest BCUT2D eigenvalue weighted by Gasteiger charge is -2.02. The second-order valence-corrected chi connectivity index (χ2v) is 4.04. The molecule has 0 aliphatic rings. The van der Waals surface area contributed by atoms with Crippen molar-refractivity contribution in [1.82, 2.24) is 10.1 Å². The summed E-state index contributed by atoms with van der Waals surface area (Å²) < 4.78 is 5.11. The number of anilines is 1. The van der Waals surface area contributed by atoms with E-state index >= 15 is 0 Å². The van der Waals surface area contributed by atoms with Crippen molar-refractivity contribution in [2.24, 2.45) is 0 Å². The highest BCUT2D eigenvalue weighted by Crippen LogP contribution is 2.21. The Hall–Kier alpha value is -1.84. The molecule has 0 saturated heterocycles. The fourth-order valence-electron chi connectivity index (χ4n) is 1.46. The minimum absolute atomic E-state index is 0.283. The smallest absolute Gasteiger partial charge is 0.321 e. The highest BCUT2D eigenvalue weighted by molar-refractivity contribution is 5.59. The van der Waals surface area contributed by atoms with Crippen molar-refractivity contribution in [2.75, 3.05) is 5.32 Å². The van der Waals surface area contributed by atoms with Crippen LogP contribution in [0.25, 0.3) is 11.4 Å². The molecule has 0 fully saturated rings. The Bertz CT molecular complexity index is 477. The van der Waals surface area contributed by atoms with E-state index in [2.05, 4.69) is 15.5 Å². The predicted molar refractivity (Wildman–Crippen MR) is 63.2 cm³/mol. The number of hydrogen-bond donors (Lipinski definition) is 1. The van der Waals surface area contributed by atoms with E-state index in [9.17, 15) is 0 Å². The summed E-state index contributed by atoms with van der Waals surface area (Å²) in [6.45, 7) is 6.08. The molecule has 16 heavy (non-hydrogen) atoms. The molecule has 0 bridgehead atoms. The summed E-state index contributed by atoms with van der Waals surface area (Å²) in [5, 5.41) is 7.03. The Balaban J connectivity index is 2.28. The van der Waals surface area contributed by atoms with Gasteiger partial charge in [-0.25, -0.2) is 0 Å². The van der Waals surface area contributed by atoms with E-state index in [0.717, 1.165) is 11.1 Å². The first kappa shape index (κ1) is 10.7. The van der Waals surface area contributed by atoms with Crippen LogP contribution in [0.2, 0.25) is 0 Å². The van der Waals surface area contributed by atoms with Gasteiger partial charge in [0.25, 0.3) is 0 Å². The highest BCUT2D eigenvalue weighted by Gasteiger charge is 2.10. The minimum Gasteiger partial charge on any atom is -0.336 e. The molecule has 0 unspecified atom stereocenters. The Morgan fingerprint density at radius 3 is 2.69 bits per heavy atom. The molecule has 2 aromatic rings. The monoisotopic (exact) mass is 217 g/mol. The number of aryl methyl sites for hydroxylation is 1. The summed E-state index contributed by atoms with van der Waals surface area (Å²) in [6, 6.07) is 8.72. The molecule has 4 nitrogen and oxygen atoms in total. The van der Waals surface area contributed by atoms with Crippen LogP contribution >= 0.6 is 0 Å². The quantitative estimate of drug-likeness (QED) is 0.858. The van der Waals surface area contributed by atoms with Crippen molar-refractivity contribution in [1.29, 1.82) is 0 Å². The van der Waals surface area contributed by atoms with E-state index in [-0.39, 0.29) is 6.04 Å². The van der Waals surface area contributed by atoms with Gasteiger partial charge in [-0.3, -0.25) is 0 Å². The number of hydrogen-bond acceptors (Lipinski definition) is 4. The van der Waals surface area contributed by atoms with E-state index in [0.29, 0.717) is 11.8 Å². The molecule has 0 amide bonds. The molecule has 2 rings (SSSR count). The van der Waals surface area contributed by atoms with Gasteiger partial charge in [-0.15, -0.1) is 0 Å². The van der Waals surface area contributed by atoms with Gasteiger partial charge in [-0.2, -0.15) is 4.98 Å². The summed E-state index contributed by atoms with van der Waals surface area (Å²) in [6.07, 6.45) is 0. The molecule has 84 valence electrons. The third kappa shape index (κ3) is 2.21. The normalized spacial score (nSPS) is 10.8. The SMILES string of the molecule is Cc1ccccc1-c1noc(NC(C)C)n1. The molecule has 0 saturated carbocycles. The summed E-state index contributed by atoms with van der Waals surface area (Å²) >= 11 is 0. The zero-order valence-electron chi connectivity index (χ0n) is 9.69. The van der Waals surface area contributed by atoms with Gasteiger partial charge in [0.05, 0.1) is 0 Å². The molecule has 1 aromatic carbocycles. The lowest BCUT2D eigenvalue weighted by Crippen LogP contribution is -2.09. The van der Waals surface area contributed by atoms with Crippen LogP contribution in [0, 0.1) is 6.92 Å². The van der Waals surface area contributed by atoms with Crippen LogP contribution in [-0.4, -0.2) is 16.2 Å². The van der Waals surface area contributed by atoms with Gasteiger partial charge >= 0.3 is 6.01 Å². The average Bonchev–Trinajstić information content (AvgIpc) is 2.66. The van der Waals surface area contributed by atoms with Crippen molar-refractivity contribution >= 4 is 6.01 Å². The first-order chi connectivity index (χ1) is 7.66. The zero-order valence-corrected chi connectivity index (χ0v) is 9.69. The Morgan fingerprint density at radius 2 is 2.00 bits per heavy atom. The van der Waals surface area contributed by atoms with E-state index in [1.54, 1.807) is 0 Å². The van der Waals surface area contributed by atoms with Crippen LogP contribution in [0.15, 0.2) is 28.8 Å². The Morgan fingerprint density at radius 1 is 1.25 bits per heavy atom.